The van der Waals surface area contributed by atoms with Crippen LogP contribution in [-0.2, 0) is 29.9 Å². The number of hydrogen-bond donors (Lipinski definition) is 1. The largest absolute Gasteiger partial charge is 0.379 e. The van der Waals surface area contributed by atoms with Crippen molar-refractivity contribution in [1.29, 1.82) is 0 Å². The summed E-state index contributed by atoms with van der Waals surface area (Å²) in [5.74, 6) is 2.15. The van der Waals surface area contributed by atoms with E-state index < -0.39 is 0 Å². The Morgan fingerprint density at radius 3 is 2.73 bits per heavy atom. The molecule has 33 heavy (non-hydrogen) atoms. The van der Waals surface area contributed by atoms with E-state index in [1.54, 1.807) is 23.1 Å². The second-order valence-corrected chi connectivity index (χ2v) is 11.9. The summed E-state index contributed by atoms with van der Waals surface area (Å²) in [6.45, 7) is 8.13. The van der Waals surface area contributed by atoms with E-state index in [-0.39, 0.29) is 5.56 Å². The number of aryl methyl sites for hydroxylation is 4. The number of rotatable bonds is 5. The molecule has 0 amide bonds. The number of thioether (sulfide) groups is 1. The molecule has 4 aromatic rings. The van der Waals surface area contributed by atoms with Gasteiger partial charge in [0.15, 0.2) is 0 Å². The Bertz CT molecular complexity index is 1420. The van der Waals surface area contributed by atoms with Crippen LogP contribution in [0.4, 0.5) is 0 Å². The fourth-order valence-corrected chi connectivity index (χ4v) is 7.98. The molecule has 1 N–H and O–H groups in total. The summed E-state index contributed by atoms with van der Waals surface area (Å²) in [5.41, 5.74) is 2.41. The van der Waals surface area contributed by atoms with E-state index in [4.69, 9.17) is 19.7 Å². The van der Waals surface area contributed by atoms with Gasteiger partial charge in [-0.15, -0.1) is 22.7 Å². The molecule has 7 nitrogen and oxygen atoms in total. The van der Waals surface area contributed by atoms with E-state index in [9.17, 15) is 4.79 Å². The second-order valence-electron chi connectivity index (χ2n) is 8.64. The summed E-state index contributed by atoms with van der Waals surface area (Å²) in [7, 11) is 0. The fourth-order valence-electron chi connectivity index (χ4n) is 4.64. The van der Waals surface area contributed by atoms with Crippen LogP contribution in [0.25, 0.3) is 20.4 Å². The lowest BCUT2D eigenvalue weighted by molar-refractivity contribution is 0.0330. The first-order chi connectivity index (χ1) is 16.1. The average molecular weight is 500 g/mol. The molecule has 0 atom stereocenters. The van der Waals surface area contributed by atoms with E-state index in [0.717, 1.165) is 82.0 Å². The minimum absolute atomic E-state index is 0.0466. The van der Waals surface area contributed by atoms with Crippen LogP contribution < -0.4 is 5.56 Å². The van der Waals surface area contributed by atoms with Crippen LogP contribution in [0.2, 0.25) is 0 Å². The zero-order valence-electron chi connectivity index (χ0n) is 18.7. The summed E-state index contributed by atoms with van der Waals surface area (Å²) < 4.78 is 5.49. The van der Waals surface area contributed by atoms with Gasteiger partial charge in [0.1, 0.15) is 26.3 Å². The standard InChI is InChI=1S/C23H25N5O2S3/c1-12-13(2)32-22-18(12)20(29)24-17(27-22)11-31-21-19-14-4-3-5-15(14)33-23(19)26-16(25-21)10-28-6-8-30-9-7-28/h3-11H2,1-2H3,(H,24,27,29). The van der Waals surface area contributed by atoms with Crippen molar-refractivity contribution in [2.24, 2.45) is 0 Å². The number of nitrogens with one attached hydrogen (secondary N) is 1. The molecule has 2 aliphatic rings. The van der Waals surface area contributed by atoms with Crippen molar-refractivity contribution in [3.63, 3.8) is 0 Å². The van der Waals surface area contributed by atoms with Crippen LogP contribution >= 0.6 is 34.4 Å². The molecular weight excluding hydrogens is 474 g/mol. The minimum atomic E-state index is -0.0466. The number of fused-ring (bicyclic) bond motifs is 4. The monoisotopic (exact) mass is 499 g/mol. The van der Waals surface area contributed by atoms with Crippen LogP contribution in [-0.4, -0.2) is 51.1 Å². The Morgan fingerprint density at radius 1 is 1.06 bits per heavy atom. The summed E-state index contributed by atoms with van der Waals surface area (Å²) in [6.07, 6.45) is 3.45. The number of hydrogen-bond acceptors (Lipinski definition) is 9. The molecule has 0 unspecified atom stereocenters. The van der Waals surface area contributed by atoms with Gasteiger partial charge < -0.3 is 9.72 Å². The zero-order chi connectivity index (χ0) is 22.5. The maximum atomic E-state index is 12.7. The number of nitrogens with zero attached hydrogens (tertiary/aromatic N) is 4. The van der Waals surface area contributed by atoms with E-state index in [0.29, 0.717) is 11.6 Å². The normalized spacial score (nSPS) is 16.8. The topological polar surface area (TPSA) is 84.0 Å². The van der Waals surface area contributed by atoms with Crippen molar-refractivity contribution in [2.75, 3.05) is 26.3 Å². The molecule has 0 radical (unpaired) electrons. The Hall–Kier alpha value is -1.85. The molecule has 0 spiro atoms. The molecule has 0 bridgehead atoms. The second kappa shape index (κ2) is 8.74. The number of H-pyrrole nitrogens is 1. The Morgan fingerprint density at radius 2 is 1.88 bits per heavy atom. The average Bonchev–Trinajstić information content (AvgIpc) is 3.46. The van der Waals surface area contributed by atoms with Crippen molar-refractivity contribution in [1.82, 2.24) is 24.8 Å². The molecule has 4 aromatic heterocycles. The van der Waals surface area contributed by atoms with Gasteiger partial charge >= 0.3 is 0 Å². The Kier molecular flexibility index (Phi) is 5.74. The van der Waals surface area contributed by atoms with E-state index >= 15 is 0 Å². The summed E-state index contributed by atoms with van der Waals surface area (Å²) in [4.78, 5) is 37.3. The van der Waals surface area contributed by atoms with Crippen molar-refractivity contribution in [3.8, 4) is 0 Å². The Balaban J connectivity index is 1.34. The number of morpholine rings is 1. The molecule has 1 saturated heterocycles. The first kappa shape index (κ1) is 21.7. The molecule has 1 aliphatic heterocycles. The lowest BCUT2D eigenvalue weighted by Crippen LogP contribution is -2.36. The van der Waals surface area contributed by atoms with Gasteiger partial charge in [-0.3, -0.25) is 9.69 Å². The molecule has 0 aromatic carbocycles. The summed E-state index contributed by atoms with van der Waals surface area (Å²) >= 11 is 5.08. The SMILES string of the molecule is Cc1sc2nc(CSc3nc(CN4CCOCC4)nc4sc5c(c34)CCC5)[nH]c(=O)c2c1C. The van der Waals surface area contributed by atoms with Gasteiger partial charge in [-0.2, -0.15) is 0 Å². The highest BCUT2D eigenvalue weighted by molar-refractivity contribution is 7.98. The summed E-state index contributed by atoms with van der Waals surface area (Å²) in [5, 5.41) is 2.96. The van der Waals surface area contributed by atoms with Crippen molar-refractivity contribution in [3.05, 3.63) is 42.9 Å². The van der Waals surface area contributed by atoms with E-state index in [1.165, 1.54) is 22.2 Å². The first-order valence-electron chi connectivity index (χ1n) is 11.3. The maximum Gasteiger partial charge on any atom is 0.259 e. The third-order valence-corrected chi connectivity index (χ3v) is 9.75. The summed E-state index contributed by atoms with van der Waals surface area (Å²) in [6, 6.07) is 0. The molecular formula is C23H25N5O2S3. The minimum Gasteiger partial charge on any atom is -0.379 e. The van der Waals surface area contributed by atoms with Crippen molar-refractivity contribution < 1.29 is 4.74 Å². The van der Waals surface area contributed by atoms with E-state index in [1.807, 2.05) is 25.2 Å². The van der Waals surface area contributed by atoms with Gasteiger partial charge in [0.25, 0.3) is 5.56 Å². The number of aromatic nitrogens is 4. The molecule has 1 fully saturated rings. The molecule has 172 valence electrons. The van der Waals surface area contributed by atoms with Crippen LogP contribution in [0.5, 0.6) is 0 Å². The van der Waals surface area contributed by atoms with Gasteiger partial charge in [-0.25, -0.2) is 15.0 Å². The first-order valence-corrected chi connectivity index (χ1v) is 13.9. The van der Waals surface area contributed by atoms with Crippen molar-refractivity contribution in [2.45, 2.75) is 50.4 Å². The zero-order valence-corrected chi connectivity index (χ0v) is 21.1. The van der Waals surface area contributed by atoms with Gasteiger partial charge in [0.2, 0.25) is 0 Å². The number of ether oxygens (including phenoxy) is 1. The van der Waals surface area contributed by atoms with Crippen molar-refractivity contribution >= 4 is 54.9 Å². The third-order valence-electron chi connectivity index (χ3n) is 6.48. The van der Waals surface area contributed by atoms with Gasteiger partial charge in [-0.1, -0.05) is 11.8 Å². The van der Waals surface area contributed by atoms with Gasteiger partial charge in [0.05, 0.1) is 30.9 Å². The fraction of sp³-hybridized carbons (Fsp3) is 0.478. The van der Waals surface area contributed by atoms with Gasteiger partial charge in [-0.05, 0) is 44.2 Å². The molecule has 0 saturated carbocycles. The van der Waals surface area contributed by atoms with Crippen LogP contribution in [0.1, 0.15) is 39.0 Å². The quantitative estimate of drug-likeness (QED) is 0.325. The van der Waals surface area contributed by atoms with Crippen LogP contribution in [0.15, 0.2) is 9.82 Å². The highest BCUT2D eigenvalue weighted by Gasteiger charge is 2.24. The van der Waals surface area contributed by atoms with Crippen LogP contribution in [0.3, 0.4) is 0 Å². The van der Waals surface area contributed by atoms with Gasteiger partial charge in [0, 0.05) is 28.2 Å². The molecule has 1 aliphatic carbocycles. The highest BCUT2D eigenvalue weighted by atomic mass is 32.2. The lowest BCUT2D eigenvalue weighted by atomic mass is 10.2. The van der Waals surface area contributed by atoms with E-state index in [2.05, 4.69) is 9.88 Å². The van der Waals surface area contributed by atoms with Crippen LogP contribution in [0, 0.1) is 13.8 Å². The number of thiophene rings is 2. The predicted molar refractivity (Wildman–Crippen MR) is 135 cm³/mol. The lowest BCUT2D eigenvalue weighted by Gasteiger charge is -2.25. The number of aromatic amines is 1. The smallest absolute Gasteiger partial charge is 0.259 e. The maximum absolute atomic E-state index is 12.7. The third kappa shape index (κ3) is 4.01. The molecule has 10 heteroatoms. The molecule has 6 rings (SSSR count). The predicted octanol–water partition coefficient (Wildman–Crippen LogP) is 4.22. The Labute approximate surface area is 203 Å². The molecule has 5 heterocycles. The highest BCUT2D eigenvalue weighted by Crippen LogP contribution is 2.41.